The lowest BCUT2D eigenvalue weighted by atomic mass is 10.1. The van der Waals surface area contributed by atoms with Gasteiger partial charge in [0.25, 0.3) is 0 Å². The minimum absolute atomic E-state index is 0.146. The van der Waals surface area contributed by atoms with Gasteiger partial charge in [-0.2, -0.15) is 0 Å². The summed E-state index contributed by atoms with van der Waals surface area (Å²) in [5.74, 6) is 0.0323. The molecule has 1 N–H and O–H groups in total. The fourth-order valence-corrected chi connectivity index (χ4v) is 2.64. The van der Waals surface area contributed by atoms with Crippen LogP contribution in [-0.4, -0.2) is 32.7 Å². The number of hydrogen-bond acceptors (Lipinski definition) is 5. The molecule has 24 heavy (non-hydrogen) atoms. The first-order valence-corrected chi connectivity index (χ1v) is 7.37. The van der Waals surface area contributed by atoms with Crippen LogP contribution in [0, 0.1) is 0 Å². The van der Waals surface area contributed by atoms with Crippen molar-refractivity contribution < 1.29 is 19.4 Å². The molecular formula is C17H13N3O4. The lowest BCUT2D eigenvalue weighted by Crippen LogP contribution is -2.25. The average molecular weight is 323 g/mol. The van der Waals surface area contributed by atoms with E-state index < -0.39 is 12.1 Å². The van der Waals surface area contributed by atoms with Crippen LogP contribution in [0.1, 0.15) is 22.3 Å². The molecule has 1 unspecified atom stereocenters. The van der Waals surface area contributed by atoms with E-state index in [1.54, 1.807) is 12.1 Å². The molecule has 0 fully saturated rings. The summed E-state index contributed by atoms with van der Waals surface area (Å²) in [6, 6.07) is 16.5. The summed E-state index contributed by atoms with van der Waals surface area (Å²) in [5.41, 5.74) is 0.907. The summed E-state index contributed by atoms with van der Waals surface area (Å²) in [5, 5.41) is 17.2. The topological polar surface area (TPSA) is 86.5 Å². The minimum Gasteiger partial charge on any atom is -0.485 e. The first-order valence-electron chi connectivity index (χ1n) is 7.37. The molecule has 3 aromatic rings. The number of fused-ring (bicyclic) bond motifs is 1. The van der Waals surface area contributed by atoms with Crippen molar-refractivity contribution in [3.05, 3.63) is 66.0 Å². The Morgan fingerprint density at radius 2 is 1.79 bits per heavy atom. The van der Waals surface area contributed by atoms with Crippen LogP contribution in [-0.2, 0) is 0 Å². The zero-order valence-electron chi connectivity index (χ0n) is 12.5. The van der Waals surface area contributed by atoms with Gasteiger partial charge in [0.05, 0.1) is 5.69 Å². The van der Waals surface area contributed by atoms with Crippen molar-refractivity contribution >= 4 is 5.97 Å². The van der Waals surface area contributed by atoms with Gasteiger partial charge in [-0.1, -0.05) is 35.5 Å². The van der Waals surface area contributed by atoms with Gasteiger partial charge in [-0.25, -0.2) is 9.48 Å². The van der Waals surface area contributed by atoms with Gasteiger partial charge in [0.2, 0.25) is 0 Å². The lowest BCUT2D eigenvalue weighted by Gasteiger charge is -2.26. The first-order chi connectivity index (χ1) is 11.7. The standard InChI is InChI=1S/C17H13N3O4/c21-17(22)15-16(20(19-18-15)11-6-2-1-3-7-11)14-10-23-12-8-4-5-9-13(12)24-14/h1-9,14H,10H2,(H,21,22). The third-order valence-electron chi connectivity index (χ3n) is 3.72. The lowest BCUT2D eigenvalue weighted by molar-refractivity contribution is 0.0661. The molecular weight excluding hydrogens is 310 g/mol. The first kappa shape index (κ1) is 14.3. The number of rotatable bonds is 3. The quantitative estimate of drug-likeness (QED) is 0.797. The number of aromatic nitrogens is 3. The van der Waals surface area contributed by atoms with Crippen molar-refractivity contribution in [2.75, 3.05) is 6.61 Å². The van der Waals surface area contributed by atoms with Crippen LogP contribution in [0.25, 0.3) is 5.69 Å². The second kappa shape index (κ2) is 5.69. The number of hydrogen-bond donors (Lipinski definition) is 1. The third-order valence-corrected chi connectivity index (χ3v) is 3.72. The molecule has 2 aromatic carbocycles. The van der Waals surface area contributed by atoms with E-state index in [0.29, 0.717) is 22.9 Å². The van der Waals surface area contributed by atoms with Crippen LogP contribution in [0.4, 0.5) is 0 Å². The highest BCUT2D eigenvalue weighted by molar-refractivity contribution is 5.86. The summed E-state index contributed by atoms with van der Waals surface area (Å²) in [4.78, 5) is 11.5. The van der Waals surface area contributed by atoms with Crippen molar-refractivity contribution in [1.82, 2.24) is 15.0 Å². The molecule has 0 saturated heterocycles. The average Bonchev–Trinajstić information content (AvgIpc) is 3.07. The van der Waals surface area contributed by atoms with Gasteiger partial charge in [0.15, 0.2) is 23.3 Å². The number of ether oxygens (including phenoxy) is 2. The van der Waals surface area contributed by atoms with E-state index in [2.05, 4.69) is 10.3 Å². The Morgan fingerprint density at radius 3 is 2.54 bits per heavy atom. The Hall–Kier alpha value is -3.35. The van der Waals surface area contributed by atoms with Gasteiger partial charge >= 0.3 is 5.97 Å². The molecule has 1 aliphatic rings. The molecule has 0 radical (unpaired) electrons. The molecule has 120 valence electrons. The molecule has 0 aliphatic carbocycles. The highest BCUT2D eigenvalue weighted by atomic mass is 16.6. The summed E-state index contributed by atoms with van der Waals surface area (Å²) in [7, 11) is 0. The molecule has 0 spiro atoms. The van der Waals surface area contributed by atoms with Gasteiger partial charge < -0.3 is 14.6 Å². The van der Waals surface area contributed by atoms with E-state index in [-0.39, 0.29) is 12.3 Å². The van der Waals surface area contributed by atoms with E-state index in [1.807, 2.05) is 42.5 Å². The fraction of sp³-hybridized carbons (Fsp3) is 0.118. The maximum absolute atomic E-state index is 11.5. The van der Waals surface area contributed by atoms with Crippen molar-refractivity contribution in [3.63, 3.8) is 0 Å². The molecule has 2 heterocycles. The van der Waals surface area contributed by atoms with Crippen LogP contribution < -0.4 is 9.47 Å². The third kappa shape index (κ3) is 2.36. The molecule has 7 nitrogen and oxygen atoms in total. The van der Waals surface area contributed by atoms with E-state index in [0.717, 1.165) is 0 Å². The Labute approximate surface area is 137 Å². The maximum Gasteiger partial charge on any atom is 0.358 e. The van der Waals surface area contributed by atoms with Crippen LogP contribution in [0.3, 0.4) is 0 Å². The van der Waals surface area contributed by atoms with Gasteiger partial charge in [0, 0.05) is 0 Å². The molecule has 4 rings (SSSR count). The zero-order valence-corrected chi connectivity index (χ0v) is 12.5. The molecule has 1 aromatic heterocycles. The van der Waals surface area contributed by atoms with Crippen molar-refractivity contribution in [2.24, 2.45) is 0 Å². The summed E-state index contributed by atoms with van der Waals surface area (Å²) >= 11 is 0. The van der Waals surface area contributed by atoms with Gasteiger partial charge in [-0.05, 0) is 24.3 Å². The molecule has 0 bridgehead atoms. The Kier molecular flexibility index (Phi) is 3.38. The number of aromatic carboxylic acids is 1. The largest absolute Gasteiger partial charge is 0.485 e. The predicted octanol–water partition coefficient (Wildman–Crippen LogP) is 2.48. The van der Waals surface area contributed by atoms with Crippen molar-refractivity contribution in [3.8, 4) is 17.2 Å². The number of carboxylic acids is 1. The van der Waals surface area contributed by atoms with E-state index in [1.165, 1.54) is 4.68 Å². The number of carboxylic acid groups (broad SMARTS) is 1. The maximum atomic E-state index is 11.5. The van der Waals surface area contributed by atoms with Crippen molar-refractivity contribution in [1.29, 1.82) is 0 Å². The van der Waals surface area contributed by atoms with E-state index in [9.17, 15) is 9.90 Å². The predicted molar refractivity (Wildman–Crippen MR) is 83.6 cm³/mol. The highest BCUT2D eigenvalue weighted by Crippen LogP contribution is 2.36. The normalized spacial score (nSPS) is 15.9. The molecule has 1 aliphatic heterocycles. The fourth-order valence-electron chi connectivity index (χ4n) is 2.64. The SMILES string of the molecule is O=C(O)c1nnn(-c2ccccc2)c1C1COc2ccccc2O1. The molecule has 1 atom stereocenters. The summed E-state index contributed by atoms with van der Waals surface area (Å²) < 4.78 is 13.1. The second-order valence-electron chi connectivity index (χ2n) is 5.24. The molecule has 0 saturated carbocycles. The molecule has 0 amide bonds. The van der Waals surface area contributed by atoms with Crippen LogP contribution >= 0.6 is 0 Å². The van der Waals surface area contributed by atoms with Crippen LogP contribution in [0.15, 0.2) is 54.6 Å². The van der Waals surface area contributed by atoms with Gasteiger partial charge in [-0.3, -0.25) is 0 Å². The van der Waals surface area contributed by atoms with Crippen molar-refractivity contribution in [2.45, 2.75) is 6.10 Å². The summed E-state index contributed by atoms with van der Waals surface area (Å²) in [6.07, 6.45) is -0.624. The molecule has 7 heteroatoms. The Morgan fingerprint density at radius 1 is 1.08 bits per heavy atom. The van der Waals surface area contributed by atoms with Crippen LogP contribution in [0.2, 0.25) is 0 Å². The number of nitrogens with zero attached hydrogens (tertiary/aromatic N) is 3. The van der Waals surface area contributed by atoms with Gasteiger partial charge in [0.1, 0.15) is 12.3 Å². The second-order valence-corrected chi connectivity index (χ2v) is 5.24. The monoisotopic (exact) mass is 323 g/mol. The number of carbonyl (C=O) groups is 1. The smallest absolute Gasteiger partial charge is 0.358 e. The zero-order chi connectivity index (χ0) is 16.5. The van der Waals surface area contributed by atoms with E-state index >= 15 is 0 Å². The van der Waals surface area contributed by atoms with E-state index in [4.69, 9.17) is 9.47 Å². The highest BCUT2D eigenvalue weighted by Gasteiger charge is 2.32. The Bertz CT molecular complexity index is 892. The van der Waals surface area contributed by atoms with Crippen LogP contribution in [0.5, 0.6) is 11.5 Å². The number of benzene rings is 2. The van der Waals surface area contributed by atoms with Gasteiger partial charge in [-0.15, -0.1) is 5.10 Å². The Balaban J connectivity index is 1.80. The summed E-state index contributed by atoms with van der Waals surface area (Å²) in [6.45, 7) is 0.178. The number of para-hydroxylation sites is 3. The minimum atomic E-state index is -1.16.